The number of hydrogen-bond donors (Lipinski definition) is 0. The van der Waals surface area contributed by atoms with Gasteiger partial charge >= 0.3 is 5.97 Å². The van der Waals surface area contributed by atoms with Crippen molar-refractivity contribution in [2.24, 2.45) is 5.92 Å². The van der Waals surface area contributed by atoms with Crippen LogP contribution in [0.15, 0.2) is 0 Å². The number of carbonyl (C=O) groups is 3. The maximum absolute atomic E-state index is 12.7. The third-order valence-corrected chi connectivity index (χ3v) is 8.68. The number of hydrogen-bond acceptors (Lipinski definition) is 4. The first-order valence-corrected chi connectivity index (χ1v) is 18.7. The van der Waals surface area contributed by atoms with Crippen LogP contribution in [0.1, 0.15) is 213 Å². The van der Waals surface area contributed by atoms with Gasteiger partial charge in [0.25, 0.3) is 0 Å². The summed E-state index contributed by atoms with van der Waals surface area (Å²) in [6, 6.07) is 0. The van der Waals surface area contributed by atoms with Gasteiger partial charge in [0.1, 0.15) is 11.6 Å². The number of carbonyl (C=O) groups excluding carboxylic acids is 3. The molecule has 0 aromatic heterocycles. The van der Waals surface area contributed by atoms with E-state index < -0.39 is 0 Å². The average Bonchev–Trinajstić information content (AvgIpc) is 2.98. The van der Waals surface area contributed by atoms with E-state index in [1.165, 1.54) is 109 Å². The third kappa shape index (κ3) is 28.9. The van der Waals surface area contributed by atoms with Crippen molar-refractivity contribution in [2.45, 2.75) is 213 Å². The summed E-state index contributed by atoms with van der Waals surface area (Å²) in [5.41, 5.74) is 0. The number of unbranched alkanes of at least 4 members (excludes halogenated alkanes) is 21. The standard InChI is InChI=1S/C38H72O4/c1-4-7-10-12-14-16-17-19-21-23-27-32-37(40)34-35(38(41)42-33-9-6-3)29-25-24-28-31-36(39)30-26-22-20-18-15-13-11-8-5-2/h35H,4-34H2,1-3H3/t35-/m1/s1. The SMILES string of the molecule is CCCCCCCCCCCCCC(=O)C[C@@H](CCCCCC(=O)CCCCCCCCCCC)C(=O)OCCCC. The Balaban J connectivity index is 4.05. The monoisotopic (exact) mass is 593 g/mol. The van der Waals surface area contributed by atoms with Gasteiger partial charge < -0.3 is 4.74 Å². The molecule has 0 aliphatic carbocycles. The first-order valence-electron chi connectivity index (χ1n) is 18.7. The minimum absolute atomic E-state index is 0.197. The Morgan fingerprint density at radius 3 is 1.21 bits per heavy atom. The van der Waals surface area contributed by atoms with E-state index in [1.807, 2.05) is 0 Å². The summed E-state index contributed by atoms with van der Waals surface area (Å²) in [4.78, 5) is 37.7. The molecule has 4 nitrogen and oxygen atoms in total. The molecule has 0 spiro atoms. The van der Waals surface area contributed by atoms with E-state index in [4.69, 9.17) is 4.74 Å². The maximum Gasteiger partial charge on any atom is 0.309 e. The zero-order valence-electron chi connectivity index (χ0n) is 28.6. The second kappa shape index (κ2) is 32.7. The van der Waals surface area contributed by atoms with Crippen molar-refractivity contribution in [1.29, 1.82) is 0 Å². The molecule has 0 radical (unpaired) electrons. The summed E-state index contributed by atoms with van der Waals surface area (Å²) in [5.74, 6) is 0.0760. The lowest BCUT2D eigenvalue weighted by atomic mass is 9.93. The summed E-state index contributed by atoms with van der Waals surface area (Å²) in [7, 11) is 0. The van der Waals surface area contributed by atoms with Crippen molar-refractivity contribution in [3.05, 3.63) is 0 Å². The molecule has 0 amide bonds. The van der Waals surface area contributed by atoms with Crippen LogP contribution >= 0.6 is 0 Å². The van der Waals surface area contributed by atoms with Gasteiger partial charge in [-0.15, -0.1) is 0 Å². The van der Waals surface area contributed by atoms with Crippen molar-refractivity contribution in [2.75, 3.05) is 6.61 Å². The van der Waals surface area contributed by atoms with Crippen LogP contribution < -0.4 is 0 Å². The van der Waals surface area contributed by atoms with E-state index in [0.29, 0.717) is 38.1 Å². The molecule has 0 N–H and O–H groups in total. The molecule has 0 aliphatic heterocycles. The van der Waals surface area contributed by atoms with Crippen molar-refractivity contribution in [3.63, 3.8) is 0 Å². The topological polar surface area (TPSA) is 60.4 Å². The minimum Gasteiger partial charge on any atom is -0.465 e. The molecule has 0 saturated carbocycles. The van der Waals surface area contributed by atoms with Crippen molar-refractivity contribution in [3.8, 4) is 0 Å². The van der Waals surface area contributed by atoms with Crippen molar-refractivity contribution in [1.82, 2.24) is 0 Å². The highest BCUT2D eigenvalue weighted by Crippen LogP contribution is 2.20. The molecule has 248 valence electrons. The molecule has 0 aromatic carbocycles. The highest BCUT2D eigenvalue weighted by molar-refractivity contribution is 5.84. The molecule has 0 saturated heterocycles. The fourth-order valence-electron chi connectivity index (χ4n) is 5.75. The Kier molecular flexibility index (Phi) is 31.8. The quantitative estimate of drug-likeness (QED) is 0.0551. The summed E-state index contributed by atoms with van der Waals surface area (Å²) in [6.07, 6.45) is 33.0. The second-order valence-electron chi connectivity index (χ2n) is 13.0. The predicted molar refractivity (Wildman–Crippen MR) is 180 cm³/mol. The summed E-state index contributed by atoms with van der Waals surface area (Å²) >= 11 is 0. The van der Waals surface area contributed by atoms with Crippen molar-refractivity contribution < 1.29 is 19.1 Å². The van der Waals surface area contributed by atoms with E-state index in [-0.39, 0.29) is 17.7 Å². The van der Waals surface area contributed by atoms with Gasteiger partial charge in [0, 0.05) is 25.7 Å². The lowest BCUT2D eigenvalue weighted by molar-refractivity contribution is -0.150. The first-order chi connectivity index (χ1) is 20.5. The van der Waals surface area contributed by atoms with Gasteiger partial charge in [-0.1, -0.05) is 156 Å². The normalized spacial score (nSPS) is 12.0. The van der Waals surface area contributed by atoms with Gasteiger partial charge in [0.2, 0.25) is 0 Å². The van der Waals surface area contributed by atoms with Crippen LogP contribution in [-0.4, -0.2) is 24.1 Å². The Hall–Kier alpha value is -1.19. The summed E-state index contributed by atoms with van der Waals surface area (Å²) in [6.45, 7) is 7.05. The zero-order chi connectivity index (χ0) is 30.9. The molecule has 0 aliphatic rings. The van der Waals surface area contributed by atoms with Gasteiger partial charge in [-0.05, 0) is 32.1 Å². The molecule has 0 bridgehead atoms. The highest BCUT2D eigenvalue weighted by Gasteiger charge is 2.23. The summed E-state index contributed by atoms with van der Waals surface area (Å²) < 4.78 is 5.50. The van der Waals surface area contributed by atoms with Gasteiger partial charge in [-0.2, -0.15) is 0 Å². The highest BCUT2D eigenvalue weighted by atomic mass is 16.5. The molecule has 1 atom stereocenters. The molecule has 0 fully saturated rings. The number of esters is 1. The Bertz CT molecular complexity index is 614. The molecule has 4 heteroatoms. The van der Waals surface area contributed by atoms with Crippen molar-refractivity contribution >= 4 is 17.5 Å². The molecule has 42 heavy (non-hydrogen) atoms. The minimum atomic E-state index is -0.320. The van der Waals surface area contributed by atoms with Crippen LogP contribution in [0.5, 0.6) is 0 Å². The zero-order valence-corrected chi connectivity index (χ0v) is 28.6. The van der Waals surface area contributed by atoms with Gasteiger partial charge in [0.15, 0.2) is 0 Å². The lowest BCUT2D eigenvalue weighted by Gasteiger charge is -2.15. The number of ether oxygens (including phenoxy) is 1. The number of Topliss-reactive ketones (excluding diaryl/α,β-unsaturated/α-hetero) is 2. The lowest BCUT2D eigenvalue weighted by Crippen LogP contribution is -2.21. The molecule has 0 heterocycles. The van der Waals surface area contributed by atoms with E-state index in [1.54, 1.807) is 0 Å². The number of rotatable bonds is 34. The van der Waals surface area contributed by atoms with Crippen LogP contribution in [-0.2, 0) is 19.1 Å². The molecular formula is C38H72O4. The van der Waals surface area contributed by atoms with Crippen LogP contribution in [0.2, 0.25) is 0 Å². The molecule has 0 aromatic rings. The Morgan fingerprint density at radius 1 is 0.429 bits per heavy atom. The average molecular weight is 593 g/mol. The van der Waals surface area contributed by atoms with Crippen LogP contribution in [0.4, 0.5) is 0 Å². The van der Waals surface area contributed by atoms with Gasteiger partial charge in [-0.25, -0.2) is 0 Å². The molecule has 0 unspecified atom stereocenters. The third-order valence-electron chi connectivity index (χ3n) is 8.68. The smallest absolute Gasteiger partial charge is 0.309 e. The molecular weight excluding hydrogens is 520 g/mol. The van der Waals surface area contributed by atoms with Gasteiger partial charge in [0.05, 0.1) is 12.5 Å². The van der Waals surface area contributed by atoms with E-state index in [0.717, 1.165) is 57.8 Å². The summed E-state index contributed by atoms with van der Waals surface area (Å²) in [5, 5.41) is 0. The molecule has 0 rings (SSSR count). The fraction of sp³-hybridized carbons (Fsp3) is 0.921. The van der Waals surface area contributed by atoms with E-state index >= 15 is 0 Å². The predicted octanol–water partition coefficient (Wildman–Crippen LogP) is 12.0. The first kappa shape index (κ1) is 40.8. The van der Waals surface area contributed by atoms with Crippen LogP contribution in [0.25, 0.3) is 0 Å². The van der Waals surface area contributed by atoms with Gasteiger partial charge in [-0.3, -0.25) is 14.4 Å². The maximum atomic E-state index is 12.7. The van der Waals surface area contributed by atoms with Crippen LogP contribution in [0, 0.1) is 5.92 Å². The second-order valence-corrected chi connectivity index (χ2v) is 13.0. The van der Waals surface area contributed by atoms with E-state index in [2.05, 4.69) is 20.8 Å². The largest absolute Gasteiger partial charge is 0.465 e. The fourth-order valence-corrected chi connectivity index (χ4v) is 5.75. The Labute approximate surface area is 262 Å². The number of ketones is 2. The van der Waals surface area contributed by atoms with Crippen LogP contribution in [0.3, 0.4) is 0 Å². The Morgan fingerprint density at radius 2 is 0.786 bits per heavy atom. The van der Waals surface area contributed by atoms with E-state index in [9.17, 15) is 14.4 Å².